The smallest absolute Gasteiger partial charge is 0.253 e. The normalized spacial score (nSPS) is 11.3. The van der Waals surface area contributed by atoms with E-state index in [9.17, 15) is 9.59 Å². The summed E-state index contributed by atoms with van der Waals surface area (Å²) in [6.45, 7) is 8.18. The Balaban J connectivity index is 0.00000529. The Labute approximate surface area is 151 Å². The third kappa shape index (κ3) is 6.89. The first kappa shape index (κ1) is 22.4. The highest BCUT2D eigenvalue weighted by Crippen LogP contribution is 2.13. The molecule has 6 heteroatoms. The van der Waals surface area contributed by atoms with E-state index in [0.717, 1.165) is 25.9 Å². The van der Waals surface area contributed by atoms with Gasteiger partial charge in [-0.1, -0.05) is 20.8 Å². The summed E-state index contributed by atoms with van der Waals surface area (Å²) in [6, 6.07) is 7.12. The molecule has 0 heterocycles. The molecule has 24 heavy (non-hydrogen) atoms. The highest BCUT2D eigenvalue weighted by atomic mass is 35.5. The molecule has 2 N–H and O–H groups in total. The van der Waals surface area contributed by atoms with Gasteiger partial charge in [-0.3, -0.25) is 9.59 Å². The summed E-state index contributed by atoms with van der Waals surface area (Å²) in [7, 11) is 1.82. The zero-order valence-electron chi connectivity index (χ0n) is 15.1. The van der Waals surface area contributed by atoms with Crippen LogP contribution in [-0.4, -0.2) is 43.4 Å². The number of anilines is 1. The fourth-order valence-corrected chi connectivity index (χ4v) is 2.40. The molecule has 5 nitrogen and oxygen atoms in total. The van der Waals surface area contributed by atoms with Crippen molar-refractivity contribution < 1.29 is 9.59 Å². The van der Waals surface area contributed by atoms with Gasteiger partial charge in [0.05, 0.1) is 0 Å². The van der Waals surface area contributed by atoms with Gasteiger partial charge in [0.25, 0.3) is 5.91 Å². The van der Waals surface area contributed by atoms with Gasteiger partial charge < -0.3 is 15.5 Å². The molecule has 0 aliphatic carbocycles. The fraction of sp³-hybridized carbons (Fsp3) is 0.556. The third-order valence-electron chi connectivity index (χ3n) is 3.63. The van der Waals surface area contributed by atoms with Gasteiger partial charge in [-0.25, -0.2) is 0 Å². The first-order valence-corrected chi connectivity index (χ1v) is 8.38. The zero-order valence-corrected chi connectivity index (χ0v) is 15.9. The lowest BCUT2D eigenvalue weighted by atomic mass is 10.1. The number of hydrogen-bond donors (Lipinski definition) is 2. The predicted octanol–water partition coefficient (Wildman–Crippen LogP) is 3.16. The van der Waals surface area contributed by atoms with E-state index in [-0.39, 0.29) is 30.1 Å². The Hall–Kier alpha value is -1.59. The Morgan fingerprint density at radius 2 is 1.62 bits per heavy atom. The van der Waals surface area contributed by atoms with Crippen LogP contribution in [0.1, 0.15) is 44.0 Å². The lowest BCUT2D eigenvalue weighted by molar-refractivity contribution is -0.119. The molecule has 1 unspecified atom stereocenters. The Morgan fingerprint density at radius 3 is 2.08 bits per heavy atom. The third-order valence-corrected chi connectivity index (χ3v) is 3.63. The van der Waals surface area contributed by atoms with E-state index >= 15 is 0 Å². The van der Waals surface area contributed by atoms with Crippen molar-refractivity contribution in [2.45, 2.75) is 33.6 Å². The predicted molar refractivity (Wildman–Crippen MR) is 102 cm³/mol. The number of benzene rings is 1. The van der Waals surface area contributed by atoms with Crippen molar-refractivity contribution >= 4 is 29.9 Å². The summed E-state index contributed by atoms with van der Waals surface area (Å²) in [5.41, 5.74) is 1.38. The zero-order chi connectivity index (χ0) is 17.2. The highest BCUT2D eigenvalue weighted by molar-refractivity contribution is 5.96. The molecule has 1 rings (SSSR count). The molecule has 0 fully saturated rings. The van der Waals surface area contributed by atoms with Crippen molar-refractivity contribution in [2.75, 3.05) is 32.0 Å². The van der Waals surface area contributed by atoms with E-state index in [2.05, 4.69) is 24.5 Å². The maximum absolute atomic E-state index is 12.5. The van der Waals surface area contributed by atoms with Gasteiger partial charge in [-0.2, -0.15) is 0 Å². The second-order valence-corrected chi connectivity index (χ2v) is 5.82. The Bertz CT molecular complexity index is 499. The lowest BCUT2D eigenvalue weighted by Gasteiger charge is -2.21. The van der Waals surface area contributed by atoms with Crippen LogP contribution in [0.5, 0.6) is 0 Å². The lowest BCUT2D eigenvalue weighted by Crippen LogP contribution is -2.32. The van der Waals surface area contributed by atoms with E-state index < -0.39 is 0 Å². The van der Waals surface area contributed by atoms with E-state index in [0.29, 0.717) is 17.8 Å². The van der Waals surface area contributed by atoms with E-state index in [4.69, 9.17) is 0 Å². The monoisotopic (exact) mass is 355 g/mol. The summed E-state index contributed by atoms with van der Waals surface area (Å²) >= 11 is 0. The van der Waals surface area contributed by atoms with Crippen molar-refractivity contribution in [1.82, 2.24) is 10.2 Å². The molecule has 0 aliphatic rings. The van der Waals surface area contributed by atoms with Crippen molar-refractivity contribution in [3.63, 3.8) is 0 Å². The van der Waals surface area contributed by atoms with Crippen molar-refractivity contribution in [2.24, 2.45) is 5.92 Å². The SMILES string of the molecule is CCCN(CCC)C(=O)c1ccc(NC(=O)C(C)CNC)cc1.Cl. The summed E-state index contributed by atoms with van der Waals surface area (Å²) in [6.07, 6.45) is 1.90. The molecule has 0 spiro atoms. The van der Waals surface area contributed by atoms with Crippen LogP contribution >= 0.6 is 12.4 Å². The molecule has 1 atom stereocenters. The van der Waals surface area contributed by atoms with Crippen molar-refractivity contribution in [3.8, 4) is 0 Å². The molecule has 0 aliphatic heterocycles. The molecule has 2 amide bonds. The van der Waals surface area contributed by atoms with Gasteiger partial charge >= 0.3 is 0 Å². The van der Waals surface area contributed by atoms with Gasteiger partial charge in [0.2, 0.25) is 5.91 Å². The van der Waals surface area contributed by atoms with Gasteiger partial charge in [0.1, 0.15) is 0 Å². The van der Waals surface area contributed by atoms with Crippen molar-refractivity contribution in [3.05, 3.63) is 29.8 Å². The first-order valence-electron chi connectivity index (χ1n) is 8.38. The molecule has 0 aromatic heterocycles. The van der Waals surface area contributed by atoms with Crippen LogP contribution in [-0.2, 0) is 4.79 Å². The molecule has 0 saturated carbocycles. The largest absolute Gasteiger partial charge is 0.339 e. The molecule has 0 radical (unpaired) electrons. The van der Waals surface area contributed by atoms with E-state index in [1.54, 1.807) is 24.3 Å². The fourth-order valence-electron chi connectivity index (χ4n) is 2.40. The summed E-state index contributed by atoms with van der Waals surface area (Å²) in [5, 5.41) is 5.85. The minimum Gasteiger partial charge on any atom is -0.339 e. The van der Waals surface area contributed by atoms with Gasteiger partial charge in [-0.15, -0.1) is 12.4 Å². The van der Waals surface area contributed by atoms with Gasteiger partial charge in [-0.05, 0) is 44.2 Å². The standard InChI is InChI=1S/C18H29N3O2.ClH/c1-5-11-21(12-6-2)18(23)15-7-9-16(10-8-15)20-17(22)14(3)13-19-4;/h7-10,14,19H,5-6,11-13H2,1-4H3,(H,20,22);1H. The average Bonchev–Trinajstić information content (AvgIpc) is 2.55. The van der Waals surface area contributed by atoms with Crippen LogP contribution in [0.4, 0.5) is 5.69 Å². The minimum atomic E-state index is -0.106. The van der Waals surface area contributed by atoms with E-state index in [1.807, 2.05) is 18.9 Å². The number of rotatable bonds is 9. The topological polar surface area (TPSA) is 61.4 Å². The van der Waals surface area contributed by atoms with E-state index in [1.165, 1.54) is 0 Å². The van der Waals surface area contributed by atoms with Crippen molar-refractivity contribution in [1.29, 1.82) is 0 Å². The summed E-state index contributed by atoms with van der Waals surface area (Å²) < 4.78 is 0. The molecule has 0 bridgehead atoms. The first-order chi connectivity index (χ1) is 11.0. The summed E-state index contributed by atoms with van der Waals surface area (Å²) in [4.78, 5) is 26.3. The quantitative estimate of drug-likeness (QED) is 0.715. The molecular weight excluding hydrogens is 326 g/mol. The number of nitrogens with one attached hydrogen (secondary N) is 2. The van der Waals surface area contributed by atoms with Gasteiger partial charge in [0, 0.05) is 36.8 Å². The second kappa shape index (κ2) is 11.9. The van der Waals surface area contributed by atoms with Gasteiger partial charge in [0.15, 0.2) is 0 Å². The molecule has 1 aromatic rings. The number of nitrogens with zero attached hydrogens (tertiary/aromatic N) is 1. The van der Waals surface area contributed by atoms with Crippen LogP contribution in [0.2, 0.25) is 0 Å². The minimum absolute atomic E-state index is 0. The van der Waals surface area contributed by atoms with Crippen LogP contribution in [0, 0.1) is 5.92 Å². The highest BCUT2D eigenvalue weighted by Gasteiger charge is 2.15. The number of halogens is 1. The average molecular weight is 356 g/mol. The van der Waals surface area contributed by atoms with Crippen LogP contribution in [0.25, 0.3) is 0 Å². The molecule has 1 aromatic carbocycles. The Kier molecular flexibility index (Phi) is 11.1. The maximum Gasteiger partial charge on any atom is 0.253 e. The second-order valence-electron chi connectivity index (χ2n) is 5.82. The number of carbonyl (C=O) groups is 2. The van der Waals surface area contributed by atoms with Crippen LogP contribution in [0.15, 0.2) is 24.3 Å². The summed E-state index contributed by atoms with van der Waals surface area (Å²) in [5.74, 6) is -0.0851. The Morgan fingerprint density at radius 1 is 1.08 bits per heavy atom. The molecule has 0 saturated heterocycles. The molecule has 136 valence electrons. The molecular formula is C18H30ClN3O2. The maximum atomic E-state index is 12.5. The van der Waals surface area contributed by atoms with Crippen LogP contribution in [0.3, 0.4) is 0 Å². The van der Waals surface area contributed by atoms with Crippen LogP contribution < -0.4 is 10.6 Å². The number of amides is 2. The number of hydrogen-bond acceptors (Lipinski definition) is 3. The number of carbonyl (C=O) groups excluding carboxylic acids is 2.